The number of quaternary nitrogens is 1. The second kappa shape index (κ2) is 2.76. The van der Waals surface area contributed by atoms with Gasteiger partial charge >= 0.3 is 7.41 Å². The number of rotatable bonds is 0. The molecule has 0 aromatic rings. The van der Waals surface area contributed by atoms with Crippen molar-refractivity contribution in [2.45, 2.75) is 38.4 Å². The Labute approximate surface area is 77.0 Å². The van der Waals surface area contributed by atoms with Crippen LogP contribution >= 0.6 is 0 Å². The summed E-state index contributed by atoms with van der Waals surface area (Å²) in [6, 6.07) is 0. The van der Waals surface area contributed by atoms with Crippen LogP contribution in [0.1, 0.15) is 32.1 Å². The van der Waals surface area contributed by atoms with Crippen molar-refractivity contribution >= 4 is 7.41 Å². The van der Waals surface area contributed by atoms with Gasteiger partial charge in [-0.15, -0.1) is 0 Å². The van der Waals surface area contributed by atoms with E-state index in [0.717, 1.165) is 9.81 Å². The monoisotopic (exact) mass is 165 g/mol. The minimum absolute atomic E-state index is 0.724. The van der Waals surface area contributed by atoms with Gasteiger partial charge in [0, 0.05) is 19.5 Å². The molecule has 67 valence electrons. The van der Waals surface area contributed by atoms with E-state index in [1.807, 2.05) is 0 Å². The van der Waals surface area contributed by atoms with Crippen molar-refractivity contribution in [1.29, 1.82) is 0 Å². The summed E-state index contributed by atoms with van der Waals surface area (Å²) in [5, 5.41) is 0. The van der Waals surface area contributed by atoms with E-state index in [4.69, 9.17) is 0 Å². The fourth-order valence-electron chi connectivity index (χ4n) is 3.10. The molecule has 0 unspecified atom stereocenters. The minimum Gasteiger partial charge on any atom is -0.399 e. The summed E-state index contributed by atoms with van der Waals surface area (Å²) in [4.78, 5) is 0. The molecule has 2 rings (SSSR count). The maximum Gasteiger partial charge on any atom is 0.446 e. The van der Waals surface area contributed by atoms with Crippen molar-refractivity contribution in [1.82, 2.24) is 0 Å². The maximum absolute atomic E-state index is 2.51. The van der Waals surface area contributed by atoms with Gasteiger partial charge in [-0.05, 0) is 19.2 Å². The molecule has 1 spiro atoms. The van der Waals surface area contributed by atoms with Crippen LogP contribution in [-0.4, -0.2) is 32.4 Å². The molecular formula is C10H20BN+. The van der Waals surface area contributed by atoms with Gasteiger partial charge in [0.1, 0.15) is 0 Å². The van der Waals surface area contributed by atoms with Gasteiger partial charge in [0.2, 0.25) is 0 Å². The molecule has 0 aromatic carbocycles. The van der Waals surface area contributed by atoms with E-state index < -0.39 is 0 Å². The molecule has 2 aliphatic rings. The molecule has 1 aliphatic carbocycles. The quantitative estimate of drug-likeness (QED) is 0.482. The lowest BCUT2D eigenvalue weighted by molar-refractivity contribution is -0.778. The first kappa shape index (κ1) is 8.62. The van der Waals surface area contributed by atoms with Gasteiger partial charge in [-0.25, -0.2) is 0 Å². The highest BCUT2D eigenvalue weighted by Crippen LogP contribution is 2.44. The predicted molar refractivity (Wildman–Crippen MR) is 53.1 cm³/mol. The Morgan fingerprint density at radius 3 is 2.25 bits per heavy atom. The molecule has 1 radical (unpaired) electrons. The van der Waals surface area contributed by atoms with E-state index in [-0.39, 0.29) is 0 Å². The fourth-order valence-corrected chi connectivity index (χ4v) is 3.10. The highest BCUT2D eigenvalue weighted by molar-refractivity contribution is 6.27. The Balaban J connectivity index is 2.03. The molecule has 2 heteroatoms. The van der Waals surface area contributed by atoms with Gasteiger partial charge in [0.05, 0.1) is 6.54 Å². The SMILES string of the molecule is C[N+]1(C)[B]CC2(CCCCC2)C1. The van der Waals surface area contributed by atoms with Gasteiger partial charge in [-0.3, -0.25) is 0 Å². The van der Waals surface area contributed by atoms with Gasteiger partial charge in [-0.1, -0.05) is 19.3 Å². The molecule has 12 heavy (non-hydrogen) atoms. The molecule has 0 atom stereocenters. The zero-order valence-electron chi connectivity index (χ0n) is 8.47. The molecule has 1 aliphatic heterocycles. The van der Waals surface area contributed by atoms with Crippen LogP contribution in [-0.2, 0) is 0 Å². The number of nitrogens with zero attached hydrogens (tertiary/aromatic N) is 1. The Morgan fingerprint density at radius 1 is 1.08 bits per heavy atom. The van der Waals surface area contributed by atoms with Crippen LogP contribution < -0.4 is 0 Å². The number of hydrogen-bond acceptors (Lipinski definition) is 0. The first-order valence-electron chi connectivity index (χ1n) is 5.29. The van der Waals surface area contributed by atoms with Gasteiger partial charge < -0.3 is 4.39 Å². The summed E-state index contributed by atoms with van der Waals surface area (Å²) < 4.78 is 1.15. The van der Waals surface area contributed by atoms with E-state index in [0.29, 0.717) is 0 Å². The van der Waals surface area contributed by atoms with Crippen molar-refractivity contribution in [3.63, 3.8) is 0 Å². The minimum atomic E-state index is 0.724. The predicted octanol–water partition coefficient (Wildman–Crippen LogP) is 2.06. The maximum atomic E-state index is 2.51. The molecule has 1 heterocycles. The summed E-state index contributed by atoms with van der Waals surface area (Å²) >= 11 is 0. The molecule has 1 saturated heterocycles. The summed E-state index contributed by atoms with van der Waals surface area (Å²) in [5.41, 5.74) is 0.724. The Kier molecular flexibility index (Phi) is 1.98. The lowest BCUT2D eigenvalue weighted by Gasteiger charge is -2.35. The first-order chi connectivity index (χ1) is 5.62. The summed E-state index contributed by atoms with van der Waals surface area (Å²) in [6.45, 7) is 1.40. The van der Waals surface area contributed by atoms with Crippen LogP contribution in [0.5, 0.6) is 0 Å². The van der Waals surface area contributed by atoms with Crippen LogP contribution in [0.25, 0.3) is 0 Å². The summed E-state index contributed by atoms with van der Waals surface area (Å²) in [6.07, 6.45) is 8.80. The topological polar surface area (TPSA) is 0 Å². The van der Waals surface area contributed by atoms with Crippen LogP contribution in [0.2, 0.25) is 6.32 Å². The standard InChI is InChI=1S/C10H20BN/c1-12(2)9-10(8-11-12)6-4-3-5-7-10/h3-9H2,1-2H3/q+1. The van der Waals surface area contributed by atoms with Crippen LogP contribution in [0.4, 0.5) is 0 Å². The zero-order chi connectivity index (χ0) is 8.66. The molecule has 0 amide bonds. The van der Waals surface area contributed by atoms with E-state index in [2.05, 4.69) is 21.5 Å². The Hall–Kier alpha value is 0.0249. The lowest BCUT2D eigenvalue weighted by Crippen LogP contribution is -2.41. The molecule has 1 saturated carbocycles. The Bertz CT molecular complexity index is 171. The van der Waals surface area contributed by atoms with Crippen molar-refractivity contribution in [3.8, 4) is 0 Å². The van der Waals surface area contributed by atoms with E-state index >= 15 is 0 Å². The third-order valence-electron chi connectivity index (χ3n) is 3.68. The van der Waals surface area contributed by atoms with Crippen molar-refractivity contribution in [2.24, 2.45) is 5.41 Å². The average molecular weight is 165 g/mol. The molecule has 0 N–H and O–H groups in total. The van der Waals surface area contributed by atoms with E-state index in [9.17, 15) is 0 Å². The van der Waals surface area contributed by atoms with Crippen molar-refractivity contribution in [3.05, 3.63) is 0 Å². The second-order valence-electron chi connectivity index (χ2n) is 5.38. The fraction of sp³-hybridized carbons (Fsp3) is 1.00. The largest absolute Gasteiger partial charge is 0.446 e. The highest BCUT2D eigenvalue weighted by atomic mass is 15.3. The van der Waals surface area contributed by atoms with Gasteiger partial charge in [-0.2, -0.15) is 0 Å². The smallest absolute Gasteiger partial charge is 0.399 e. The first-order valence-corrected chi connectivity index (χ1v) is 5.29. The molecule has 1 nitrogen and oxygen atoms in total. The van der Waals surface area contributed by atoms with Crippen LogP contribution in [0, 0.1) is 5.41 Å². The third kappa shape index (κ3) is 1.54. The lowest BCUT2D eigenvalue weighted by atomic mass is 9.68. The Morgan fingerprint density at radius 2 is 1.75 bits per heavy atom. The summed E-state index contributed by atoms with van der Waals surface area (Å²) in [5.74, 6) is 0. The highest BCUT2D eigenvalue weighted by Gasteiger charge is 2.46. The van der Waals surface area contributed by atoms with Gasteiger partial charge in [0.15, 0.2) is 0 Å². The average Bonchev–Trinajstić information content (AvgIpc) is 2.29. The molecule has 0 aromatic heterocycles. The van der Waals surface area contributed by atoms with Crippen molar-refractivity contribution < 1.29 is 4.39 Å². The summed E-state index contributed by atoms with van der Waals surface area (Å²) in [7, 11) is 7.18. The van der Waals surface area contributed by atoms with Crippen LogP contribution in [0.15, 0.2) is 0 Å². The third-order valence-corrected chi connectivity index (χ3v) is 3.68. The van der Waals surface area contributed by atoms with Crippen molar-refractivity contribution in [2.75, 3.05) is 20.6 Å². The zero-order valence-corrected chi connectivity index (χ0v) is 8.47. The second-order valence-corrected chi connectivity index (χ2v) is 5.38. The van der Waals surface area contributed by atoms with E-state index in [1.165, 1.54) is 45.0 Å². The van der Waals surface area contributed by atoms with E-state index in [1.54, 1.807) is 0 Å². The number of hydrogen-bond donors (Lipinski definition) is 0. The normalized spacial score (nSPS) is 31.8. The molecule has 0 bridgehead atoms. The molecular weight excluding hydrogens is 145 g/mol. The van der Waals surface area contributed by atoms with Crippen LogP contribution in [0.3, 0.4) is 0 Å². The van der Waals surface area contributed by atoms with Gasteiger partial charge in [0.25, 0.3) is 0 Å². The molecule has 2 fully saturated rings.